The van der Waals surface area contributed by atoms with E-state index in [0.717, 1.165) is 18.4 Å². The Hall–Kier alpha value is -1.38. The molecule has 1 aromatic carbocycles. The number of unbranched alkanes of at least 4 members (excludes halogenated alkanes) is 1. The SMILES string of the molecule is CC.CCOc1cc(C)cc(CCCCC(=O)C(C)C)c1F. The Morgan fingerprint density at radius 2 is 1.86 bits per heavy atom. The summed E-state index contributed by atoms with van der Waals surface area (Å²) >= 11 is 0. The Labute approximate surface area is 135 Å². The number of ether oxygens (including phenoxy) is 1. The average molecular weight is 310 g/mol. The van der Waals surface area contributed by atoms with Crippen LogP contribution in [0.15, 0.2) is 12.1 Å². The van der Waals surface area contributed by atoms with Gasteiger partial charge in [-0.05, 0) is 50.3 Å². The van der Waals surface area contributed by atoms with Crippen LogP contribution in [-0.2, 0) is 11.2 Å². The molecule has 0 aromatic heterocycles. The van der Waals surface area contributed by atoms with Crippen molar-refractivity contribution >= 4 is 5.78 Å². The highest BCUT2D eigenvalue weighted by Gasteiger charge is 2.11. The number of halogens is 1. The van der Waals surface area contributed by atoms with E-state index in [9.17, 15) is 9.18 Å². The molecular weight excluding hydrogens is 279 g/mol. The van der Waals surface area contributed by atoms with Gasteiger partial charge in [0.25, 0.3) is 0 Å². The minimum absolute atomic E-state index is 0.0928. The van der Waals surface area contributed by atoms with Gasteiger partial charge in [-0.2, -0.15) is 0 Å². The molecule has 2 nitrogen and oxygen atoms in total. The first kappa shape index (κ1) is 20.6. The monoisotopic (exact) mass is 310 g/mol. The second-order valence-electron chi connectivity index (χ2n) is 5.50. The molecule has 0 spiro atoms. The van der Waals surface area contributed by atoms with Crippen molar-refractivity contribution < 1.29 is 13.9 Å². The van der Waals surface area contributed by atoms with Gasteiger partial charge in [-0.15, -0.1) is 0 Å². The van der Waals surface area contributed by atoms with Crippen molar-refractivity contribution in [1.29, 1.82) is 0 Å². The van der Waals surface area contributed by atoms with Crippen molar-refractivity contribution in [3.8, 4) is 5.75 Å². The maximum atomic E-state index is 14.2. The number of ketones is 1. The number of carbonyl (C=O) groups is 1. The van der Waals surface area contributed by atoms with E-state index in [1.165, 1.54) is 0 Å². The Bertz CT molecular complexity index is 453. The predicted molar refractivity (Wildman–Crippen MR) is 91.1 cm³/mol. The molecule has 126 valence electrons. The number of aryl methyl sites for hydroxylation is 2. The van der Waals surface area contributed by atoms with Gasteiger partial charge in [-0.1, -0.05) is 33.8 Å². The Morgan fingerprint density at radius 1 is 1.23 bits per heavy atom. The van der Waals surface area contributed by atoms with Crippen molar-refractivity contribution in [1.82, 2.24) is 0 Å². The number of hydrogen-bond acceptors (Lipinski definition) is 2. The quantitative estimate of drug-likeness (QED) is 0.593. The number of benzene rings is 1. The summed E-state index contributed by atoms with van der Waals surface area (Å²) in [4.78, 5) is 11.5. The van der Waals surface area contributed by atoms with Gasteiger partial charge in [-0.25, -0.2) is 4.39 Å². The van der Waals surface area contributed by atoms with Gasteiger partial charge in [0.15, 0.2) is 11.6 Å². The van der Waals surface area contributed by atoms with Crippen LogP contribution in [0.1, 0.15) is 65.0 Å². The zero-order valence-electron chi connectivity index (χ0n) is 15.0. The van der Waals surface area contributed by atoms with Crippen LogP contribution < -0.4 is 4.74 Å². The predicted octanol–water partition coefficient (Wildman–Crippen LogP) is 5.50. The molecule has 0 atom stereocenters. The number of Topliss-reactive ketones (excluding diaryl/α,β-unsaturated/α-hetero) is 1. The minimum Gasteiger partial charge on any atom is -0.491 e. The molecule has 0 amide bonds. The lowest BCUT2D eigenvalue weighted by Crippen LogP contribution is -2.06. The van der Waals surface area contributed by atoms with Crippen LogP contribution in [0.2, 0.25) is 0 Å². The third-order valence-electron chi connectivity index (χ3n) is 3.32. The van der Waals surface area contributed by atoms with E-state index in [2.05, 4.69) is 0 Å². The summed E-state index contributed by atoms with van der Waals surface area (Å²) in [6, 6.07) is 3.59. The third kappa shape index (κ3) is 7.06. The Kier molecular flexibility index (Phi) is 10.5. The van der Waals surface area contributed by atoms with Crippen LogP contribution in [0, 0.1) is 18.7 Å². The molecule has 0 heterocycles. The zero-order chi connectivity index (χ0) is 17.1. The first-order valence-corrected chi connectivity index (χ1v) is 8.40. The van der Waals surface area contributed by atoms with Crippen LogP contribution in [-0.4, -0.2) is 12.4 Å². The summed E-state index contributed by atoms with van der Waals surface area (Å²) in [5, 5.41) is 0. The minimum atomic E-state index is -0.257. The third-order valence-corrected chi connectivity index (χ3v) is 3.32. The maximum Gasteiger partial charge on any atom is 0.168 e. The molecule has 0 unspecified atom stereocenters. The standard InChI is InChI=1S/C17H25FO2.C2H6/c1-5-20-16-11-13(4)10-14(17(16)18)8-6-7-9-15(19)12(2)3;1-2/h10-12H,5-9H2,1-4H3;1-2H3. The normalized spacial score (nSPS) is 10.2. The average Bonchev–Trinajstić information content (AvgIpc) is 2.49. The van der Waals surface area contributed by atoms with E-state index in [4.69, 9.17) is 4.74 Å². The molecule has 0 saturated carbocycles. The molecular formula is C19H31FO2. The van der Waals surface area contributed by atoms with E-state index in [-0.39, 0.29) is 17.5 Å². The topological polar surface area (TPSA) is 26.3 Å². The van der Waals surface area contributed by atoms with Gasteiger partial charge >= 0.3 is 0 Å². The highest BCUT2D eigenvalue weighted by Crippen LogP contribution is 2.24. The van der Waals surface area contributed by atoms with Gasteiger partial charge in [0, 0.05) is 12.3 Å². The summed E-state index contributed by atoms with van der Waals surface area (Å²) in [7, 11) is 0. The van der Waals surface area contributed by atoms with E-state index < -0.39 is 0 Å². The van der Waals surface area contributed by atoms with Crippen molar-refractivity contribution in [3.63, 3.8) is 0 Å². The first-order chi connectivity index (χ1) is 10.5. The molecule has 1 aromatic rings. The van der Waals surface area contributed by atoms with Crippen LogP contribution in [0.4, 0.5) is 4.39 Å². The van der Waals surface area contributed by atoms with E-state index in [1.807, 2.05) is 47.6 Å². The van der Waals surface area contributed by atoms with Crippen molar-refractivity contribution in [2.45, 2.75) is 67.2 Å². The second-order valence-corrected chi connectivity index (χ2v) is 5.50. The molecule has 0 N–H and O–H groups in total. The van der Waals surface area contributed by atoms with E-state index in [0.29, 0.717) is 30.8 Å². The van der Waals surface area contributed by atoms with Gasteiger partial charge in [0.1, 0.15) is 5.78 Å². The summed E-state index contributed by atoms with van der Waals surface area (Å²) in [5.74, 6) is 0.452. The van der Waals surface area contributed by atoms with E-state index >= 15 is 0 Å². The van der Waals surface area contributed by atoms with Gasteiger partial charge in [0.2, 0.25) is 0 Å². The van der Waals surface area contributed by atoms with Crippen LogP contribution >= 0.6 is 0 Å². The summed E-state index contributed by atoms with van der Waals surface area (Å²) in [5.41, 5.74) is 1.69. The molecule has 0 saturated heterocycles. The molecule has 0 bridgehead atoms. The Morgan fingerprint density at radius 3 is 2.41 bits per heavy atom. The number of carbonyl (C=O) groups excluding carboxylic acids is 1. The molecule has 0 fully saturated rings. The van der Waals surface area contributed by atoms with Crippen molar-refractivity contribution in [2.24, 2.45) is 5.92 Å². The van der Waals surface area contributed by atoms with E-state index in [1.54, 1.807) is 6.07 Å². The van der Waals surface area contributed by atoms with Gasteiger partial charge in [0.05, 0.1) is 6.61 Å². The molecule has 0 radical (unpaired) electrons. The fourth-order valence-electron chi connectivity index (χ4n) is 2.15. The zero-order valence-corrected chi connectivity index (χ0v) is 15.0. The fourth-order valence-corrected chi connectivity index (χ4v) is 2.15. The largest absolute Gasteiger partial charge is 0.491 e. The second kappa shape index (κ2) is 11.2. The highest BCUT2D eigenvalue weighted by atomic mass is 19.1. The molecule has 1 rings (SSSR count). The molecule has 0 aliphatic heterocycles. The highest BCUT2D eigenvalue weighted by molar-refractivity contribution is 5.80. The smallest absolute Gasteiger partial charge is 0.168 e. The summed E-state index contributed by atoms with van der Waals surface area (Å²) in [6.45, 7) is 12.1. The number of rotatable bonds is 8. The molecule has 3 heteroatoms. The van der Waals surface area contributed by atoms with Crippen LogP contribution in [0.3, 0.4) is 0 Å². The van der Waals surface area contributed by atoms with Crippen LogP contribution in [0.25, 0.3) is 0 Å². The van der Waals surface area contributed by atoms with Gasteiger partial charge < -0.3 is 4.74 Å². The first-order valence-electron chi connectivity index (χ1n) is 8.40. The lowest BCUT2D eigenvalue weighted by Gasteiger charge is -2.11. The molecule has 0 aliphatic rings. The number of hydrogen-bond donors (Lipinski definition) is 0. The summed E-state index contributed by atoms with van der Waals surface area (Å²) < 4.78 is 19.5. The van der Waals surface area contributed by atoms with Gasteiger partial charge in [-0.3, -0.25) is 4.79 Å². The molecule has 0 aliphatic carbocycles. The lowest BCUT2D eigenvalue weighted by molar-refractivity contribution is -0.122. The lowest BCUT2D eigenvalue weighted by atomic mass is 10.00. The van der Waals surface area contributed by atoms with Crippen molar-refractivity contribution in [2.75, 3.05) is 6.61 Å². The Balaban J connectivity index is 0.00000211. The summed E-state index contributed by atoms with van der Waals surface area (Å²) in [6.07, 6.45) is 2.88. The maximum absolute atomic E-state index is 14.2. The van der Waals surface area contributed by atoms with Crippen LogP contribution in [0.5, 0.6) is 5.75 Å². The van der Waals surface area contributed by atoms with Crippen molar-refractivity contribution in [3.05, 3.63) is 29.1 Å². The fraction of sp³-hybridized carbons (Fsp3) is 0.632. The molecule has 22 heavy (non-hydrogen) atoms.